The Labute approximate surface area is 69.0 Å². The van der Waals surface area contributed by atoms with Crippen LogP contribution in [0.5, 0.6) is 5.88 Å². The van der Waals surface area contributed by atoms with Crippen LogP contribution in [0.4, 0.5) is 0 Å². The van der Waals surface area contributed by atoms with E-state index in [4.69, 9.17) is 9.84 Å². The number of aromatic nitrogens is 2. The van der Waals surface area contributed by atoms with Crippen molar-refractivity contribution in [1.82, 2.24) is 9.97 Å². The second kappa shape index (κ2) is 3.17. The van der Waals surface area contributed by atoms with Gasteiger partial charge in [-0.05, 0) is 6.92 Å². The number of rotatable bonds is 2. The molecule has 0 spiro atoms. The minimum atomic E-state index is -1.10. The van der Waals surface area contributed by atoms with Crippen LogP contribution in [-0.4, -0.2) is 28.2 Å². The molecule has 12 heavy (non-hydrogen) atoms. The topological polar surface area (TPSA) is 72.3 Å². The lowest BCUT2D eigenvalue weighted by Crippen LogP contribution is -2.06. The van der Waals surface area contributed by atoms with Crippen molar-refractivity contribution < 1.29 is 14.6 Å². The number of carbonyl (C=O) groups is 1. The fraction of sp³-hybridized carbons (Fsp3) is 0.286. The summed E-state index contributed by atoms with van der Waals surface area (Å²) in [4.78, 5) is 18.0. The first-order valence-corrected chi connectivity index (χ1v) is 3.26. The standard InChI is InChI=1S/C7H8N2O3/c1-4-6(7(10)11)9-5(12-2)3-8-4/h3H,1-2H3,(H,10,11). The summed E-state index contributed by atoms with van der Waals surface area (Å²) in [6.45, 7) is 1.58. The molecule has 0 aromatic carbocycles. The van der Waals surface area contributed by atoms with Gasteiger partial charge in [0.25, 0.3) is 0 Å². The zero-order valence-electron chi connectivity index (χ0n) is 6.74. The molecular weight excluding hydrogens is 160 g/mol. The number of carboxylic acids is 1. The van der Waals surface area contributed by atoms with E-state index in [1.807, 2.05) is 0 Å². The van der Waals surface area contributed by atoms with Crippen molar-refractivity contribution >= 4 is 5.97 Å². The van der Waals surface area contributed by atoms with Crippen molar-refractivity contribution in [2.75, 3.05) is 7.11 Å². The zero-order chi connectivity index (χ0) is 9.14. The lowest BCUT2D eigenvalue weighted by atomic mass is 10.3. The Kier molecular flexibility index (Phi) is 2.23. The molecular formula is C7H8N2O3. The maximum Gasteiger partial charge on any atom is 0.356 e. The predicted molar refractivity (Wildman–Crippen MR) is 40.3 cm³/mol. The molecule has 1 aromatic rings. The third-order valence-electron chi connectivity index (χ3n) is 1.35. The number of carboxylic acid groups (broad SMARTS) is 1. The number of aromatic carboxylic acids is 1. The highest BCUT2D eigenvalue weighted by atomic mass is 16.5. The van der Waals surface area contributed by atoms with Crippen LogP contribution in [0.15, 0.2) is 6.20 Å². The molecule has 0 atom stereocenters. The van der Waals surface area contributed by atoms with Crippen LogP contribution >= 0.6 is 0 Å². The van der Waals surface area contributed by atoms with E-state index < -0.39 is 5.97 Å². The number of nitrogens with zero attached hydrogens (tertiary/aromatic N) is 2. The molecule has 64 valence electrons. The molecule has 0 amide bonds. The number of hydrogen-bond acceptors (Lipinski definition) is 4. The largest absolute Gasteiger partial charge is 0.480 e. The van der Waals surface area contributed by atoms with Crippen LogP contribution in [0.1, 0.15) is 16.2 Å². The van der Waals surface area contributed by atoms with Gasteiger partial charge in [0.1, 0.15) is 0 Å². The van der Waals surface area contributed by atoms with Gasteiger partial charge in [0.05, 0.1) is 19.0 Å². The quantitative estimate of drug-likeness (QED) is 0.695. The lowest BCUT2D eigenvalue weighted by molar-refractivity contribution is 0.0688. The van der Waals surface area contributed by atoms with Gasteiger partial charge < -0.3 is 9.84 Å². The zero-order valence-corrected chi connectivity index (χ0v) is 6.74. The molecule has 1 N–H and O–H groups in total. The van der Waals surface area contributed by atoms with E-state index in [-0.39, 0.29) is 11.6 Å². The van der Waals surface area contributed by atoms with Crippen molar-refractivity contribution in [2.45, 2.75) is 6.92 Å². The highest BCUT2D eigenvalue weighted by Gasteiger charge is 2.10. The maximum atomic E-state index is 10.5. The predicted octanol–water partition coefficient (Wildman–Crippen LogP) is 0.492. The average Bonchev–Trinajstić information content (AvgIpc) is 2.05. The second-order valence-electron chi connectivity index (χ2n) is 2.15. The Morgan fingerprint density at radius 2 is 2.33 bits per heavy atom. The molecule has 5 nitrogen and oxygen atoms in total. The van der Waals surface area contributed by atoms with E-state index in [1.54, 1.807) is 6.92 Å². The van der Waals surface area contributed by atoms with Gasteiger partial charge in [-0.1, -0.05) is 0 Å². The minimum absolute atomic E-state index is 0.0747. The Bertz CT molecular complexity index is 312. The molecule has 0 radical (unpaired) electrons. The monoisotopic (exact) mass is 168 g/mol. The molecule has 0 saturated heterocycles. The molecule has 0 aliphatic heterocycles. The van der Waals surface area contributed by atoms with Gasteiger partial charge in [0.2, 0.25) is 5.88 Å². The summed E-state index contributed by atoms with van der Waals surface area (Å²) in [5.41, 5.74) is 0.303. The summed E-state index contributed by atoms with van der Waals surface area (Å²) < 4.78 is 4.72. The number of aryl methyl sites for hydroxylation is 1. The molecule has 0 saturated carbocycles. The van der Waals surface area contributed by atoms with E-state index in [1.165, 1.54) is 13.3 Å². The number of hydrogen-bond donors (Lipinski definition) is 1. The fourth-order valence-corrected chi connectivity index (χ4v) is 0.734. The Morgan fingerprint density at radius 3 is 2.83 bits per heavy atom. The highest BCUT2D eigenvalue weighted by molar-refractivity contribution is 5.86. The van der Waals surface area contributed by atoms with Gasteiger partial charge in [-0.25, -0.2) is 9.78 Å². The summed E-state index contributed by atoms with van der Waals surface area (Å²) in [6, 6.07) is 0. The van der Waals surface area contributed by atoms with Gasteiger partial charge in [0.15, 0.2) is 5.69 Å². The Hall–Kier alpha value is -1.65. The van der Waals surface area contributed by atoms with Crippen LogP contribution in [0.25, 0.3) is 0 Å². The van der Waals surface area contributed by atoms with Crippen molar-refractivity contribution in [1.29, 1.82) is 0 Å². The lowest BCUT2D eigenvalue weighted by Gasteiger charge is -2.01. The Morgan fingerprint density at radius 1 is 1.67 bits per heavy atom. The summed E-state index contributed by atoms with van der Waals surface area (Å²) >= 11 is 0. The minimum Gasteiger partial charge on any atom is -0.480 e. The third-order valence-corrected chi connectivity index (χ3v) is 1.35. The molecule has 1 heterocycles. The molecule has 1 rings (SSSR count). The van der Waals surface area contributed by atoms with E-state index >= 15 is 0 Å². The molecule has 0 aliphatic carbocycles. The molecule has 0 bridgehead atoms. The summed E-state index contributed by atoms with van der Waals surface area (Å²) in [5.74, 6) is -0.892. The van der Waals surface area contributed by atoms with Gasteiger partial charge in [-0.3, -0.25) is 4.98 Å². The summed E-state index contributed by atoms with van der Waals surface area (Å²) in [7, 11) is 1.41. The summed E-state index contributed by atoms with van der Waals surface area (Å²) in [6.07, 6.45) is 1.38. The van der Waals surface area contributed by atoms with E-state index in [2.05, 4.69) is 9.97 Å². The molecule has 0 aliphatic rings. The maximum absolute atomic E-state index is 10.5. The van der Waals surface area contributed by atoms with Crippen molar-refractivity contribution in [3.05, 3.63) is 17.6 Å². The van der Waals surface area contributed by atoms with Crippen LogP contribution in [0.3, 0.4) is 0 Å². The van der Waals surface area contributed by atoms with Gasteiger partial charge in [0, 0.05) is 0 Å². The highest BCUT2D eigenvalue weighted by Crippen LogP contribution is 2.07. The van der Waals surface area contributed by atoms with E-state index in [9.17, 15) is 4.79 Å². The number of methoxy groups -OCH3 is 1. The van der Waals surface area contributed by atoms with E-state index in [0.29, 0.717) is 5.69 Å². The molecule has 5 heteroatoms. The first-order valence-electron chi connectivity index (χ1n) is 3.26. The second-order valence-corrected chi connectivity index (χ2v) is 2.15. The molecule has 1 aromatic heterocycles. The third kappa shape index (κ3) is 1.50. The Balaban J connectivity index is 3.17. The smallest absolute Gasteiger partial charge is 0.356 e. The summed E-state index contributed by atoms with van der Waals surface area (Å²) in [5, 5.41) is 8.63. The van der Waals surface area contributed by atoms with Crippen LogP contribution in [0.2, 0.25) is 0 Å². The van der Waals surface area contributed by atoms with Gasteiger partial charge in [-0.15, -0.1) is 0 Å². The van der Waals surface area contributed by atoms with Crippen molar-refractivity contribution in [3.8, 4) is 5.88 Å². The fourth-order valence-electron chi connectivity index (χ4n) is 0.734. The SMILES string of the molecule is COc1cnc(C)c(C(=O)O)n1. The average molecular weight is 168 g/mol. The normalized spacial score (nSPS) is 9.50. The molecule has 0 unspecified atom stereocenters. The molecule has 0 fully saturated rings. The van der Waals surface area contributed by atoms with Crippen molar-refractivity contribution in [2.24, 2.45) is 0 Å². The first-order chi connectivity index (χ1) is 5.65. The van der Waals surface area contributed by atoms with E-state index in [0.717, 1.165) is 0 Å². The van der Waals surface area contributed by atoms with Crippen LogP contribution < -0.4 is 4.74 Å². The van der Waals surface area contributed by atoms with Crippen molar-refractivity contribution in [3.63, 3.8) is 0 Å². The van der Waals surface area contributed by atoms with Gasteiger partial charge >= 0.3 is 5.97 Å². The number of ether oxygens (including phenoxy) is 1. The van der Waals surface area contributed by atoms with Crippen LogP contribution in [0, 0.1) is 6.92 Å². The van der Waals surface area contributed by atoms with Gasteiger partial charge in [-0.2, -0.15) is 0 Å². The van der Waals surface area contributed by atoms with Crippen LogP contribution in [-0.2, 0) is 0 Å². The first kappa shape index (κ1) is 8.45.